The number of ether oxygens (including phenoxy) is 1. The second-order valence-electron chi connectivity index (χ2n) is 3.46. The summed E-state index contributed by atoms with van der Waals surface area (Å²) in [4.78, 5) is 0. The van der Waals surface area contributed by atoms with Crippen LogP contribution in [0.5, 0.6) is 5.75 Å². The molecule has 0 bridgehead atoms. The molecule has 1 nitrogen and oxygen atoms in total. The Kier molecular flexibility index (Phi) is 2.83. The molecule has 0 amide bonds. The van der Waals surface area contributed by atoms with Crippen LogP contribution in [-0.4, -0.2) is 6.10 Å². The normalized spacial score (nSPS) is 16.5. The lowest BCUT2D eigenvalue weighted by Gasteiger charge is -2.11. The average molecular weight is 328 g/mol. The van der Waals surface area contributed by atoms with Gasteiger partial charge in [0.2, 0.25) is 0 Å². The maximum atomic E-state index is 12.4. The molecule has 1 aliphatic rings. The Balaban J connectivity index is 2.21. The van der Waals surface area contributed by atoms with E-state index in [9.17, 15) is 13.2 Å². The third-order valence-electron chi connectivity index (χ3n) is 2.07. The summed E-state index contributed by atoms with van der Waals surface area (Å²) in [5.74, 6) is 0.523. The molecule has 0 heterocycles. The molecule has 0 radical (unpaired) electrons. The third-order valence-corrected chi connectivity index (χ3v) is 2.97. The van der Waals surface area contributed by atoms with E-state index in [1.165, 1.54) is 12.1 Å². The SMILES string of the molecule is FC(F)(F)c1ccc(OC2CC2)cc1I. The van der Waals surface area contributed by atoms with Gasteiger partial charge in [0, 0.05) is 3.57 Å². The zero-order chi connectivity index (χ0) is 11.1. The molecule has 1 aromatic carbocycles. The van der Waals surface area contributed by atoms with Crippen molar-refractivity contribution in [2.75, 3.05) is 0 Å². The summed E-state index contributed by atoms with van der Waals surface area (Å²) in [6.45, 7) is 0. The Morgan fingerprint density at radius 3 is 2.40 bits per heavy atom. The maximum absolute atomic E-state index is 12.4. The fourth-order valence-electron chi connectivity index (χ4n) is 1.18. The van der Waals surface area contributed by atoms with Gasteiger partial charge in [-0.25, -0.2) is 0 Å². The summed E-state index contributed by atoms with van der Waals surface area (Å²) in [5, 5.41) is 0. The van der Waals surface area contributed by atoms with Crippen molar-refractivity contribution in [3.8, 4) is 5.75 Å². The van der Waals surface area contributed by atoms with Crippen LogP contribution in [0.15, 0.2) is 18.2 Å². The van der Waals surface area contributed by atoms with Crippen LogP contribution in [0.2, 0.25) is 0 Å². The smallest absolute Gasteiger partial charge is 0.417 e. The van der Waals surface area contributed by atoms with Crippen LogP contribution in [0.3, 0.4) is 0 Å². The molecular formula is C10H8F3IO. The quantitative estimate of drug-likeness (QED) is 0.750. The fraction of sp³-hybridized carbons (Fsp3) is 0.400. The van der Waals surface area contributed by atoms with E-state index in [0.717, 1.165) is 18.9 Å². The molecule has 0 unspecified atom stereocenters. The Hall–Kier alpha value is -0.460. The van der Waals surface area contributed by atoms with E-state index in [1.54, 1.807) is 22.6 Å². The molecule has 0 aliphatic heterocycles. The monoisotopic (exact) mass is 328 g/mol. The second-order valence-corrected chi connectivity index (χ2v) is 4.62. The number of alkyl halides is 3. The molecule has 5 heteroatoms. The first-order valence-corrected chi connectivity index (χ1v) is 5.58. The van der Waals surface area contributed by atoms with Crippen molar-refractivity contribution in [2.24, 2.45) is 0 Å². The molecule has 1 saturated carbocycles. The maximum Gasteiger partial charge on any atom is 0.417 e. The minimum Gasteiger partial charge on any atom is -0.490 e. The van der Waals surface area contributed by atoms with Crippen LogP contribution >= 0.6 is 22.6 Å². The molecule has 82 valence electrons. The number of benzene rings is 1. The van der Waals surface area contributed by atoms with Crippen LogP contribution < -0.4 is 4.74 Å². The molecule has 1 aromatic rings. The lowest BCUT2D eigenvalue weighted by atomic mass is 10.2. The Bertz CT molecular complexity index is 371. The molecule has 0 saturated heterocycles. The van der Waals surface area contributed by atoms with E-state index in [1.807, 2.05) is 0 Å². The largest absolute Gasteiger partial charge is 0.490 e. The first-order chi connectivity index (χ1) is 6.97. The van der Waals surface area contributed by atoms with Gasteiger partial charge in [0.25, 0.3) is 0 Å². The second kappa shape index (κ2) is 3.84. The van der Waals surface area contributed by atoms with Gasteiger partial charge in [0.15, 0.2) is 0 Å². The highest BCUT2D eigenvalue weighted by Crippen LogP contribution is 2.35. The first-order valence-electron chi connectivity index (χ1n) is 4.50. The minimum absolute atomic E-state index is 0.179. The average Bonchev–Trinajstić information content (AvgIpc) is 2.85. The zero-order valence-electron chi connectivity index (χ0n) is 7.64. The van der Waals surface area contributed by atoms with Gasteiger partial charge < -0.3 is 4.74 Å². The van der Waals surface area contributed by atoms with Gasteiger partial charge in [-0.2, -0.15) is 13.2 Å². The van der Waals surface area contributed by atoms with E-state index in [4.69, 9.17) is 4.74 Å². The van der Waals surface area contributed by atoms with Crippen molar-refractivity contribution in [2.45, 2.75) is 25.1 Å². The van der Waals surface area contributed by atoms with Crippen molar-refractivity contribution in [1.82, 2.24) is 0 Å². The molecular weight excluding hydrogens is 320 g/mol. The van der Waals surface area contributed by atoms with Gasteiger partial charge >= 0.3 is 6.18 Å². The van der Waals surface area contributed by atoms with Gasteiger partial charge in [-0.05, 0) is 53.6 Å². The summed E-state index contributed by atoms with van der Waals surface area (Å²) < 4.78 is 42.8. The van der Waals surface area contributed by atoms with Crippen LogP contribution in [0.4, 0.5) is 13.2 Å². The summed E-state index contributed by atoms with van der Waals surface area (Å²) in [7, 11) is 0. The van der Waals surface area contributed by atoms with Crippen LogP contribution in [-0.2, 0) is 6.18 Å². The molecule has 1 fully saturated rings. The van der Waals surface area contributed by atoms with Crippen LogP contribution in [0.25, 0.3) is 0 Å². The predicted octanol–water partition coefficient (Wildman–Crippen LogP) is 3.85. The van der Waals surface area contributed by atoms with Crippen molar-refractivity contribution >= 4 is 22.6 Å². The van der Waals surface area contributed by atoms with Crippen LogP contribution in [0.1, 0.15) is 18.4 Å². The lowest BCUT2D eigenvalue weighted by molar-refractivity contribution is -0.138. The van der Waals surface area contributed by atoms with E-state index in [0.29, 0.717) is 5.75 Å². The molecule has 0 atom stereocenters. The van der Waals surface area contributed by atoms with Crippen LogP contribution in [0, 0.1) is 3.57 Å². The summed E-state index contributed by atoms with van der Waals surface area (Å²) in [6.07, 6.45) is -2.08. The molecule has 2 rings (SSSR count). The number of hydrogen-bond acceptors (Lipinski definition) is 1. The lowest BCUT2D eigenvalue weighted by Crippen LogP contribution is -2.07. The summed E-state index contributed by atoms with van der Waals surface area (Å²) in [5.41, 5.74) is -0.605. The third kappa shape index (κ3) is 2.76. The zero-order valence-corrected chi connectivity index (χ0v) is 9.80. The van der Waals surface area contributed by atoms with Crippen molar-refractivity contribution in [3.63, 3.8) is 0 Å². The fourth-order valence-corrected chi connectivity index (χ4v) is 1.97. The predicted molar refractivity (Wildman–Crippen MR) is 57.8 cm³/mol. The van der Waals surface area contributed by atoms with Gasteiger partial charge in [-0.15, -0.1) is 0 Å². The Morgan fingerprint density at radius 2 is 1.93 bits per heavy atom. The first kappa shape index (κ1) is 11.0. The van der Waals surface area contributed by atoms with E-state index < -0.39 is 11.7 Å². The standard InChI is InChI=1S/C10H8F3IO/c11-10(12,13)8-4-3-7(5-9(8)14)15-6-1-2-6/h3-6H,1-2H2. The van der Waals surface area contributed by atoms with Crippen molar-refractivity contribution < 1.29 is 17.9 Å². The van der Waals surface area contributed by atoms with Gasteiger partial charge in [-0.3, -0.25) is 0 Å². The summed E-state index contributed by atoms with van der Waals surface area (Å²) >= 11 is 1.68. The van der Waals surface area contributed by atoms with Gasteiger partial charge in [-0.1, -0.05) is 0 Å². The van der Waals surface area contributed by atoms with Crippen molar-refractivity contribution in [1.29, 1.82) is 0 Å². The number of hydrogen-bond donors (Lipinski definition) is 0. The number of rotatable bonds is 2. The van der Waals surface area contributed by atoms with E-state index in [2.05, 4.69) is 0 Å². The molecule has 0 aromatic heterocycles. The Morgan fingerprint density at radius 1 is 1.27 bits per heavy atom. The summed E-state index contributed by atoms with van der Waals surface area (Å²) in [6, 6.07) is 3.88. The highest BCUT2D eigenvalue weighted by atomic mass is 127. The molecule has 0 N–H and O–H groups in total. The van der Waals surface area contributed by atoms with Crippen molar-refractivity contribution in [3.05, 3.63) is 27.3 Å². The molecule has 1 aliphatic carbocycles. The van der Waals surface area contributed by atoms with E-state index in [-0.39, 0.29) is 9.67 Å². The van der Waals surface area contributed by atoms with Gasteiger partial charge in [0.1, 0.15) is 5.75 Å². The topological polar surface area (TPSA) is 9.23 Å². The molecule has 15 heavy (non-hydrogen) atoms. The minimum atomic E-state index is -4.28. The highest BCUT2D eigenvalue weighted by Gasteiger charge is 2.33. The number of halogens is 4. The van der Waals surface area contributed by atoms with Gasteiger partial charge in [0.05, 0.1) is 11.7 Å². The Labute approximate surface area is 98.8 Å². The highest BCUT2D eigenvalue weighted by molar-refractivity contribution is 14.1. The van der Waals surface area contributed by atoms with E-state index >= 15 is 0 Å². The molecule has 0 spiro atoms.